The Morgan fingerprint density at radius 2 is 1.94 bits per heavy atom. The smallest absolute Gasteiger partial charge is 0.293 e. The molecule has 2 atom stereocenters. The van der Waals surface area contributed by atoms with E-state index in [0.29, 0.717) is 35.5 Å². The number of hydrogen-bond donors (Lipinski definition) is 2. The van der Waals surface area contributed by atoms with Crippen molar-refractivity contribution >= 4 is 23.0 Å². The van der Waals surface area contributed by atoms with Gasteiger partial charge in [-0.1, -0.05) is 19.9 Å². The third-order valence-electron chi connectivity index (χ3n) is 5.70. The zero-order valence-corrected chi connectivity index (χ0v) is 19.0. The summed E-state index contributed by atoms with van der Waals surface area (Å²) in [6.45, 7) is 8.40. The summed E-state index contributed by atoms with van der Waals surface area (Å²) in [7, 11) is 1.55. The van der Waals surface area contributed by atoms with Crippen LogP contribution in [0.25, 0.3) is 0 Å². The molecule has 2 aromatic carbocycles. The van der Waals surface area contributed by atoms with E-state index in [1.165, 1.54) is 12.5 Å². The number of hydrogen-bond acceptors (Lipinski definition) is 6. The maximum absolute atomic E-state index is 12.6. The van der Waals surface area contributed by atoms with Crippen molar-refractivity contribution in [1.82, 2.24) is 4.90 Å². The quantitative estimate of drug-likeness (QED) is 0.335. The lowest BCUT2D eigenvalue weighted by atomic mass is 9.92. The number of nitrogens with one attached hydrogen (secondary N) is 2. The summed E-state index contributed by atoms with van der Waals surface area (Å²) in [5, 5.41) is 17.5. The molecule has 1 fully saturated rings. The molecule has 172 valence electrons. The van der Waals surface area contributed by atoms with Gasteiger partial charge in [-0.25, -0.2) is 0 Å². The first-order valence-corrected chi connectivity index (χ1v) is 11.1. The molecule has 2 N–H and O–H groups in total. The highest BCUT2D eigenvalue weighted by Gasteiger charge is 2.21. The second-order valence-electron chi connectivity index (χ2n) is 8.66. The molecule has 8 heteroatoms. The Morgan fingerprint density at radius 3 is 2.62 bits per heavy atom. The minimum atomic E-state index is -0.460. The molecule has 0 aliphatic carbocycles. The molecule has 1 aliphatic rings. The number of nitro benzene ring substituents is 1. The number of nitro groups is 1. The van der Waals surface area contributed by atoms with E-state index in [0.717, 1.165) is 26.1 Å². The minimum absolute atomic E-state index is 0.108. The number of piperidine rings is 1. The number of methoxy groups -OCH3 is 1. The molecule has 1 amide bonds. The molecule has 1 heterocycles. The first-order chi connectivity index (χ1) is 15.4. The number of amides is 1. The summed E-state index contributed by atoms with van der Waals surface area (Å²) in [5.74, 6) is 1.62. The van der Waals surface area contributed by atoms with Crippen LogP contribution in [0.4, 0.5) is 17.1 Å². The minimum Gasteiger partial charge on any atom is -0.497 e. The van der Waals surface area contributed by atoms with Gasteiger partial charge in [-0.05, 0) is 55.5 Å². The highest BCUT2D eigenvalue weighted by molar-refractivity contribution is 6.05. The molecular weight excluding hydrogens is 408 g/mol. The molecule has 0 spiro atoms. The summed E-state index contributed by atoms with van der Waals surface area (Å²) in [5.41, 5.74) is 1.10. The Bertz CT molecular complexity index is 939. The van der Waals surface area contributed by atoms with E-state index in [9.17, 15) is 14.9 Å². The maximum atomic E-state index is 12.6. The van der Waals surface area contributed by atoms with Gasteiger partial charge in [0, 0.05) is 43.0 Å². The van der Waals surface area contributed by atoms with E-state index in [2.05, 4.69) is 29.4 Å². The van der Waals surface area contributed by atoms with Gasteiger partial charge in [0.25, 0.3) is 11.6 Å². The number of carbonyl (C=O) groups is 1. The number of anilines is 2. The van der Waals surface area contributed by atoms with Crippen molar-refractivity contribution in [3.05, 3.63) is 58.1 Å². The molecule has 1 aliphatic heterocycles. The second kappa shape index (κ2) is 10.9. The standard InChI is InChI=1S/C24H32N4O4/c1-17-12-18(2)16-27(15-17)11-5-10-25-22-9-8-19(13-23(22)28(30)31)24(29)26-20-6-4-7-21(14-20)32-3/h4,6-9,13-14,17-18,25H,5,10-12,15-16H2,1-3H3,(H,26,29)/t17-,18+. The largest absolute Gasteiger partial charge is 0.497 e. The molecule has 8 nitrogen and oxygen atoms in total. The zero-order valence-electron chi connectivity index (χ0n) is 19.0. The monoisotopic (exact) mass is 440 g/mol. The molecule has 1 saturated heterocycles. The number of likely N-dealkylation sites (tertiary alicyclic amines) is 1. The Hall–Kier alpha value is -3.13. The van der Waals surface area contributed by atoms with Crippen molar-refractivity contribution < 1.29 is 14.5 Å². The van der Waals surface area contributed by atoms with Crippen LogP contribution in [0.15, 0.2) is 42.5 Å². The molecular formula is C24H32N4O4. The van der Waals surface area contributed by atoms with E-state index in [1.807, 2.05) is 0 Å². The van der Waals surface area contributed by atoms with Crippen LogP contribution in [-0.2, 0) is 0 Å². The Balaban J connectivity index is 1.59. The molecule has 32 heavy (non-hydrogen) atoms. The van der Waals surface area contributed by atoms with Crippen LogP contribution < -0.4 is 15.4 Å². The average Bonchev–Trinajstić information content (AvgIpc) is 2.76. The van der Waals surface area contributed by atoms with Crippen LogP contribution in [0, 0.1) is 22.0 Å². The van der Waals surface area contributed by atoms with Crippen LogP contribution in [0.5, 0.6) is 5.75 Å². The van der Waals surface area contributed by atoms with Gasteiger partial charge in [-0.15, -0.1) is 0 Å². The summed E-state index contributed by atoms with van der Waals surface area (Å²) < 4.78 is 5.15. The average molecular weight is 441 g/mol. The topological polar surface area (TPSA) is 96.7 Å². The van der Waals surface area contributed by atoms with Gasteiger partial charge in [0.1, 0.15) is 11.4 Å². The predicted molar refractivity (Wildman–Crippen MR) is 127 cm³/mol. The highest BCUT2D eigenvalue weighted by atomic mass is 16.6. The van der Waals surface area contributed by atoms with Crippen molar-refractivity contribution in [3.63, 3.8) is 0 Å². The van der Waals surface area contributed by atoms with Crippen LogP contribution in [0.3, 0.4) is 0 Å². The van der Waals surface area contributed by atoms with Crippen molar-refractivity contribution in [3.8, 4) is 5.75 Å². The van der Waals surface area contributed by atoms with Gasteiger partial charge in [0.15, 0.2) is 0 Å². The Morgan fingerprint density at radius 1 is 1.19 bits per heavy atom. The van der Waals surface area contributed by atoms with Crippen LogP contribution in [-0.4, -0.2) is 49.0 Å². The summed E-state index contributed by atoms with van der Waals surface area (Å²) in [4.78, 5) is 26.2. The first kappa shape index (κ1) is 23.5. The molecule has 2 aromatic rings. The summed E-state index contributed by atoms with van der Waals surface area (Å²) in [6, 6.07) is 11.5. The van der Waals surface area contributed by atoms with Crippen molar-refractivity contribution in [2.24, 2.45) is 11.8 Å². The van der Waals surface area contributed by atoms with Crippen molar-refractivity contribution in [2.45, 2.75) is 26.7 Å². The van der Waals surface area contributed by atoms with E-state index >= 15 is 0 Å². The van der Waals surface area contributed by atoms with Gasteiger partial charge in [0.2, 0.25) is 0 Å². The third kappa shape index (κ3) is 6.43. The molecule has 0 bridgehead atoms. The fourth-order valence-electron chi connectivity index (χ4n) is 4.38. The van der Waals surface area contributed by atoms with Crippen molar-refractivity contribution in [2.75, 3.05) is 43.9 Å². The third-order valence-corrected chi connectivity index (χ3v) is 5.70. The zero-order chi connectivity index (χ0) is 23.1. The molecule has 3 rings (SSSR count). The number of rotatable bonds is 9. The van der Waals surface area contributed by atoms with E-state index in [1.54, 1.807) is 43.5 Å². The normalized spacial score (nSPS) is 18.7. The highest BCUT2D eigenvalue weighted by Crippen LogP contribution is 2.27. The lowest BCUT2D eigenvalue weighted by Gasteiger charge is -2.34. The van der Waals surface area contributed by atoms with Gasteiger partial charge in [0.05, 0.1) is 12.0 Å². The molecule has 0 saturated carbocycles. The lowest BCUT2D eigenvalue weighted by Crippen LogP contribution is -2.39. The lowest BCUT2D eigenvalue weighted by molar-refractivity contribution is -0.384. The number of carbonyl (C=O) groups excluding carboxylic acids is 1. The van der Waals surface area contributed by atoms with E-state index < -0.39 is 10.8 Å². The summed E-state index contributed by atoms with van der Waals surface area (Å²) in [6.07, 6.45) is 2.17. The Labute approximate surface area is 189 Å². The van der Waals surface area contributed by atoms with Gasteiger partial charge < -0.3 is 20.3 Å². The van der Waals surface area contributed by atoms with Gasteiger partial charge in [-0.2, -0.15) is 0 Å². The van der Waals surface area contributed by atoms with Crippen LogP contribution in [0.2, 0.25) is 0 Å². The Kier molecular flexibility index (Phi) is 8.05. The first-order valence-electron chi connectivity index (χ1n) is 11.1. The predicted octanol–water partition coefficient (Wildman–Crippen LogP) is 4.64. The fraction of sp³-hybridized carbons (Fsp3) is 0.458. The molecule has 0 unspecified atom stereocenters. The van der Waals surface area contributed by atoms with Crippen LogP contribution >= 0.6 is 0 Å². The number of benzene rings is 2. The summed E-state index contributed by atoms with van der Waals surface area (Å²) >= 11 is 0. The van der Waals surface area contributed by atoms with E-state index in [4.69, 9.17) is 4.74 Å². The SMILES string of the molecule is COc1cccc(NC(=O)c2ccc(NCCCN3C[C@H](C)C[C@H](C)C3)c([N+](=O)[O-])c2)c1. The second-order valence-corrected chi connectivity index (χ2v) is 8.66. The fourth-order valence-corrected chi connectivity index (χ4v) is 4.38. The molecule has 0 aromatic heterocycles. The number of ether oxygens (including phenoxy) is 1. The van der Waals surface area contributed by atoms with Gasteiger partial charge in [-0.3, -0.25) is 14.9 Å². The van der Waals surface area contributed by atoms with E-state index in [-0.39, 0.29) is 11.3 Å². The maximum Gasteiger partial charge on any atom is 0.293 e. The van der Waals surface area contributed by atoms with Crippen molar-refractivity contribution in [1.29, 1.82) is 0 Å². The molecule has 0 radical (unpaired) electrons. The van der Waals surface area contributed by atoms with Crippen LogP contribution in [0.1, 0.15) is 37.0 Å². The van der Waals surface area contributed by atoms with Gasteiger partial charge >= 0.3 is 0 Å². The number of nitrogens with zero attached hydrogens (tertiary/aromatic N) is 2.